The van der Waals surface area contributed by atoms with Gasteiger partial charge in [0.2, 0.25) is 0 Å². The Kier molecular flexibility index (Phi) is 33.3. The van der Waals surface area contributed by atoms with E-state index in [1.165, 1.54) is 83.5 Å². The van der Waals surface area contributed by atoms with Gasteiger partial charge in [-0.15, -0.1) is 0 Å². The zero-order chi connectivity index (χ0) is 30.6. The van der Waals surface area contributed by atoms with Gasteiger partial charge in [-0.3, -0.25) is 9.59 Å². The standard InChI is InChI=1S/C38H66O4/c1-3-5-7-9-11-13-15-17-19-21-23-25-27-29-31-33-37(39)41-35-36-42-38(40)34-32-30-28-26-24-22-20-18-16-14-12-10-8-6-4-2/h5,7,11,13,17-20H,3-4,6,8-10,12,14-16,21-36H2,1-2H3/b7-5-,13-11-,19-17-,20-18-. The van der Waals surface area contributed by atoms with E-state index < -0.39 is 0 Å². The number of esters is 2. The van der Waals surface area contributed by atoms with Crippen LogP contribution in [0.15, 0.2) is 48.6 Å². The SMILES string of the molecule is CC/C=C\C/C=C\C/C=C\CCCCCCCC(=O)OCCOC(=O)CCCCCCC/C=C\CCCCCCCC. The molecular weight excluding hydrogens is 520 g/mol. The zero-order valence-corrected chi connectivity index (χ0v) is 27.6. The Labute approximate surface area is 260 Å². The maximum absolute atomic E-state index is 11.9. The van der Waals surface area contributed by atoms with Gasteiger partial charge in [0, 0.05) is 12.8 Å². The monoisotopic (exact) mass is 586 g/mol. The number of carbonyl (C=O) groups excluding carboxylic acids is 2. The van der Waals surface area contributed by atoms with E-state index in [-0.39, 0.29) is 25.2 Å². The predicted molar refractivity (Wildman–Crippen MR) is 181 cm³/mol. The van der Waals surface area contributed by atoms with Crippen molar-refractivity contribution in [3.05, 3.63) is 48.6 Å². The molecule has 0 aromatic carbocycles. The highest BCUT2D eigenvalue weighted by atomic mass is 16.6. The molecule has 0 saturated carbocycles. The van der Waals surface area contributed by atoms with Gasteiger partial charge in [0.1, 0.15) is 13.2 Å². The fraction of sp³-hybridized carbons (Fsp3) is 0.737. The fourth-order valence-corrected chi connectivity index (χ4v) is 4.68. The molecule has 0 aliphatic carbocycles. The van der Waals surface area contributed by atoms with Crippen LogP contribution in [0.5, 0.6) is 0 Å². The summed E-state index contributed by atoms with van der Waals surface area (Å²) in [5, 5.41) is 0. The third-order valence-electron chi connectivity index (χ3n) is 7.28. The molecule has 0 amide bonds. The van der Waals surface area contributed by atoms with Crippen LogP contribution in [-0.2, 0) is 19.1 Å². The van der Waals surface area contributed by atoms with E-state index in [0.717, 1.165) is 57.8 Å². The lowest BCUT2D eigenvalue weighted by atomic mass is 10.1. The Bertz CT molecular complexity index is 704. The van der Waals surface area contributed by atoms with Crippen molar-refractivity contribution < 1.29 is 19.1 Å². The second-order valence-electron chi connectivity index (χ2n) is 11.4. The van der Waals surface area contributed by atoms with Gasteiger partial charge >= 0.3 is 11.9 Å². The largest absolute Gasteiger partial charge is 0.462 e. The summed E-state index contributed by atoms with van der Waals surface area (Å²) in [4.78, 5) is 23.7. The summed E-state index contributed by atoms with van der Waals surface area (Å²) < 4.78 is 10.4. The Morgan fingerprint density at radius 3 is 1.24 bits per heavy atom. The summed E-state index contributed by atoms with van der Waals surface area (Å²) >= 11 is 0. The lowest BCUT2D eigenvalue weighted by Gasteiger charge is -2.07. The number of hydrogen-bond donors (Lipinski definition) is 0. The predicted octanol–water partition coefficient (Wildman–Crippen LogP) is 11.7. The minimum absolute atomic E-state index is 0.161. The lowest BCUT2D eigenvalue weighted by Crippen LogP contribution is -2.13. The van der Waals surface area contributed by atoms with Gasteiger partial charge in [-0.25, -0.2) is 0 Å². The van der Waals surface area contributed by atoms with Crippen molar-refractivity contribution in [2.75, 3.05) is 13.2 Å². The highest BCUT2D eigenvalue weighted by Gasteiger charge is 2.05. The van der Waals surface area contributed by atoms with Crippen molar-refractivity contribution in [3.63, 3.8) is 0 Å². The quantitative estimate of drug-likeness (QED) is 0.0460. The van der Waals surface area contributed by atoms with Crippen LogP contribution in [0.25, 0.3) is 0 Å². The summed E-state index contributed by atoms with van der Waals surface area (Å²) in [6.07, 6.45) is 44.8. The van der Waals surface area contributed by atoms with E-state index in [9.17, 15) is 9.59 Å². The first-order chi connectivity index (χ1) is 20.7. The number of hydrogen-bond acceptors (Lipinski definition) is 4. The van der Waals surface area contributed by atoms with E-state index in [2.05, 4.69) is 62.5 Å². The van der Waals surface area contributed by atoms with Crippen LogP contribution in [0.3, 0.4) is 0 Å². The minimum atomic E-state index is -0.190. The Morgan fingerprint density at radius 1 is 0.429 bits per heavy atom. The molecule has 42 heavy (non-hydrogen) atoms. The molecule has 0 heterocycles. The van der Waals surface area contributed by atoms with Crippen molar-refractivity contribution in [2.45, 2.75) is 168 Å². The molecule has 0 atom stereocenters. The molecule has 0 aromatic rings. The van der Waals surface area contributed by atoms with Crippen molar-refractivity contribution >= 4 is 11.9 Å². The zero-order valence-electron chi connectivity index (χ0n) is 27.6. The summed E-state index contributed by atoms with van der Waals surface area (Å²) in [6, 6.07) is 0. The molecule has 4 heteroatoms. The van der Waals surface area contributed by atoms with Crippen LogP contribution in [0.1, 0.15) is 168 Å². The van der Waals surface area contributed by atoms with Crippen molar-refractivity contribution in [1.29, 1.82) is 0 Å². The Balaban J connectivity index is 3.38. The van der Waals surface area contributed by atoms with E-state index in [4.69, 9.17) is 9.47 Å². The maximum Gasteiger partial charge on any atom is 0.305 e. The van der Waals surface area contributed by atoms with Crippen molar-refractivity contribution in [2.24, 2.45) is 0 Å². The van der Waals surface area contributed by atoms with Gasteiger partial charge in [0.05, 0.1) is 0 Å². The summed E-state index contributed by atoms with van der Waals surface area (Å²) in [7, 11) is 0. The van der Waals surface area contributed by atoms with Gasteiger partial charge in [-0.1, -0.05) is 133 Å². The highest BCUT2D eigenvalue weighted by molar-refractivity contribution is 5.70. The molecule has 242 valence electrons. The number of carbonyl (C=O) groups is 2. The first kappa shape index (κ1) is 39.9. The molecular formula is C38H66O4. The molecule has 0 rings (SSSR count). The van der Waals surface area contributed by atoms with E-state index in [0.29, 0.717) is 12.8 Å². The summed E-state index contributed by atoms with van der Waals surface area (Å²) in [5.74, 6) is -0.376. The van der Waals surface area contributed by atoms with Gasteiger partial charge in [-0.2, -0.15) is 0 Å². The molecule has 0 aliphatic heterocycles. The van der Waals surface area contributed by atoms with Crippen LogP contribution in [0, 0.1) is 0 Å². The molecule has 4 nitrogen and oxygen atoms in total. The summed E-state index contributed by atoms with van der Waals surface area (Å²) in [6.45, 7) is 4.74. The smallest absolute Gasteiger partial charge is 0.305 e. The third-order valence-corrected chi connectivity index (χ3v) is 7.28. The molecule has 0 fully saturated rings. The molecule has 0 radical (unpaired) electrons. The number of rotatable bonds is 31. The van der Waals surface area contributed by atoms with E-state index in [1.807, 2.05) is 0 Å². The molecule has 0 saturated heterocycles. The Morgan fingerprint density at radius 2 is 0.786 bits per heavy atom. The average Bonchev–Trinajstić information content (AvgIpc) is 2.99. The molecule has 0 unspecified atom stereocenters. The first-order valence-corrected chi connectivity index (χ1v) is 17.6. The third kappa shape index (κ3) is 34.1. The van der Waals surface area contributed by atoms with Gasteiger partial charge in [0.25, 0.3) is 0 Å². The number of unbranched alkanes of at least 4 members (excludes halogenated alkanes) is 16. The minimum Gasteiger partial charge on any atom is -0.462 e. The molecule has 0 N–H and O–H groups in total. The van der Waals surface area contributed by atoms with Crippen molar-refractivity contribution in [3.8, 4) is 0 Å². The number of ether oxygens (including phenoxy) is 2. The topological polar surface area (TPSA) is 52.6 Å². The van der Waals surface area contributed by atoms with Crippen LogP contribution in [0.2, 0.25) is 0 Å². The second kappa shape index (κ2) is 35.1. The normalized spacial score (nSPS) is 12.0. The maximum atomic E-state index is 11.9. The van der Waals surface area contributed by atoms with Crippen molar-refractivity contribution in [1.82, 2.24) is 0 Å². The highest BCUT2D eigenvalue weighted by Crippen LogP contribution is 2.11. The molecule has 0 bridgehead atoms. The Hall–Kier alpha value is -2.10. The van der Waals surface area contributed by atoms with Crippen LogP contribution in [0.4, 0.5) is 0 Å². The van der Waals surface area contributed by atoms with Crippen LogP contribution < -0.4 is 0 Å². The number of allylic oxidation sites excluding steroid dienone is 8. The van der Waals surface area contributed by atoms with E-state index in [1.54, 1.807) is 0 Å². The fourth-order valence-electron chi connectivity index (χ4n) is 4.68. The molecule has 0 aliphatic rings. The van der Waals surface area contributed by atoms with Crippen LogP contribution in [-0.4, -0.2) is 25.2 Å². The lowest BCUT2D eigenvalue weighted by molar-refractivity contribution is -0.152. The van der Waals surface area contributed by atoms with Crippen LogP contribution >= 0.6 is 0 Å². The van der Waals surface area contributed by atoms with Gasteiger partial charge in [0.15, 0.2) is 0 Å². The second-order valence-corrected chi connectivity index (χ2v) is 11.4. The first-order valence-electron chi connectivity index (χ1n) is 17.6. The van der Waals surface area contributed by atoms with Gasteiger partial charge in [-0.05, 0) is 70.6 Å². The van der Waals surface area contributed by atoms with Gasteiger partial charge < -0.3 is 9.47 Å². The average molecular weight is 587 g/mol. The summed E-state index contributed by atoms with van der Waals surface area (Å²) in [5.41, 5.74) is 0. The van der Waals surface area contributed by atoms with E-state index >= 15 is 0 Å². The molecule has 0 aromatic heterocycles. The molecule has 0 spiro atoms.